The Kier molecular flexibility index (Phi) is 4.90. The van der Waals surface area contributed by atoms with Gasteiger partial charge in [0.2, 0.25) is 0 Å². The molecule has 2 heterocycles. The number of aromatic nitrogens is 2. The van der Waals surface area contributed by atoms with Crippen molar-refractivity contribution in [3.05, 3.63) is 53.6 Å². The molecule has 0 spiro atoms. The maximum Gasteiger partial charge on any atom is 0.110 e. The number of hydrogen-bond acceptors (Lipinski definition) is 3. The highest BCUT2D eigenvalue weighted by atomic mass is 15.2. The van der Waals surface area contributed by atoms with Gasteiger partial charge < -0.3 is 14.8 Å². The predicted molar refractivity (Wildman–Crippen MR) is 89.9 cm³/mol. The number of H-pyrrole nitrogens is 1. The number of hydrogen-bond donors (Lipinski definition) is 1. The molecule has 1 aromatic carbocycles. The summed E-state index contributed by atoms with van der Waals surface area (Å²) in [6, 6.07) is 10.8. The molecule has 1 aliphatic heterocycles. The maximum absolute atomic E-state index is 4.60. The fourth-order valence-electron chi connectivity index (χ4n) is 3.20. The molecule has 0 radical (unpaired) electrons. The molecule has 1 saturated heterocycles. The van der Waals surface area contributed by atoms with Crippen LogP contribution in [0.25, 0.3) is 0 Å². The number of rotatable bonds is 6. The third-order valence-electron chi connectivity index (χ3n) is 4.35. The minimum Gasteiger partial charge on any atom is -0.345 e. The van der Waals surface area contributed by atoms with Crippen LogP contribution >= 0.6 is 0 Å². The third kappa shape index (κ3) is 3.96. The summed E-state index contributed by atoms with van der Waals surface area (Å²) in [5.74, 6) is 1.73. The molecule has 1 atom stereocenters. The highest BCUT2D eigenvalue weighted by Crippen LogP contribution is 2.25. The van der Waals surface area contributed by atoms with Crippen LogP contribution in [0.15, 0.2) is 36.5 Å². The standard InChI is InChI=1S/C18H26N4/c1-21(2)14-17-12-19-18(20-17)16-9-11-22(13-16)10-8-15-6-4-3-5-7-15/h3-7,12,16H,8-11,13-14H2,1-2H3,(H,19,20). The van der Waals surface area contributed by atoms with E-state index in [1.54, 1.807) is 0 Å². The quantitative estimate of drug-likeness (QED) is 0.890. The zero-order valence-electron chi connectivity index (χ0n) is 13.6. The maximum atomic E-state index is 4.60. The Morgan fingerprint density at radius 2 is 2.09 bits per heavy atom. The van der Waals surface area contributed by atoms with E-state index in [1.807, 2.05) is 6.20 Å². The van der Waals surface area contributed by atoms with Crippen LogP contribution in [0.1, 0.15) is 29.4 Å². The molecule has 3 rings (SSSR count). The van der Waals surface area contributed by atoms with Crippen LogP contribution in [0.2, 0.25) is 0 Å². The minimum atomic E-state index is 0.562. The second kappa shape index (κ2) is 7.07. The van der Waals surface area contributed by atoms with Crippen molar-refractivity contribution < 1.29 is 0 Å². The molecule has 0 aliphatic carbocycles. The van der Waals surface area contributed by atoms with Gasteiger partial charge >= 0.3 is 0 Å². The molecule has 0 bridgehead atoms. The summed E-state index contributed by atoms with van der Waals surface area (Å²) >= 11 is 0. The molecule has 2 aromatic rings. The topological polar surface area (TPSA) is 35.2 Å². The van der Waals surface area contributed by atoms with E-state index in [0.29, 0.717) is 5.92 Å². The number of nitrogens with zero attached hydrogens (tertiary/aromatic N) is 3. The van der Waals surface area contributed by atoms with Crippen molar-refractivity contribution in [1.29, 1.82) is 0 Å². The Morgan fingerprint density at radius 3 is 2.86 bits per heavy atom. The molecule has 4 nitrogen and oxygen atoms in total. The fraction of sp³-hybridized carbons (Fsp3) is 0.500. The lowest BCUT2D eigenvalue weighted by Gasteiger charge is -2.15. The van der Waals surface area contributed by atoms with Crippen molar-refractivity contribution in [2.24, 2.45) is 0 Å². The second-order valence-electron chi connectivity index (χ2n) is 6.55. The van der Waals surface area contributed by atoms with E-state index >= 15 is 0 Å². The first kappa shape index (κ1) is 15.3. The van der Waals surface area contributed by atoms with Gasteiger partial charge in [0.05, 0.1) is 0 Å². The summed E-state index contributed by atoms with van der Waals surface area (Å²) in [5, 5.41) is 0. The van der Waals surface area contributed by atoms with Crippen LogP contribution in [-0.2, 0) is 13.0 Å². The molecule has 0 amide bonds. The van der Waals surface area contributed by atoms with Crippen LogP contribution in [0.5, 0.6) is 0 Å². The van der Waals surface area contributed by atoms with Gasteiger partial charge in [0.15, 0.2) is 0 Å². The molecule has 1 fully saturated rings. The number of imidazole rings is 1. The van der Waals surface area contributed by atoms with Crippen molar-refractivity contribution in [1.82, 2.24) is 19.8 Å². The van der Waals surface area contributed by atoms with Gasteiger partial charge in [-0.15, -0.1) is 0 Å². The first-order chi connectivity index (χ1) is 10.7. The van der Waals surface area contributed by atoms with E-state index in [0.717, 1.165) is 26.1 Å². The summed E-state index contributed by atoms with van der Waals surface area (Å²) < 4.78 is 0. The summed E-state index contributed by atoms with van der Waals surface area (Å²) in [4.78, 5) is 12.8. The van der Waals surface area contributed by atoms with Gasteiger partial charge in [0.1, 0.15) is 5.82 Å². The summed E-state index contributed by atoms with van der Waals surface area (Å²) in [7, 11) is 4.17. The lowest BCUT2D eigenvalue weighted by molar-refractivity contribution is 0.338. The molecular formula is C18H26N4. The normalized spacial score (nSPS) is 19.1. The van der Waals surface area contributed by atoms with Gasteiger partial charge in [-0.2, -0.15) is 0 Å². The Morgan fingerprint density at radius 1 is 1.27 bits per heavy atom. The van der Waals surface area contributed by atoms with Crippen molar-refractivity contribution in [3.8, 4) is 0 Å². The second-order valence-corrected chi connectivity index (χ2v) is 6.55. The largest absolute Gasteiger partial charge is 0.345 e. The number of benzene rings is 1. The Balaban J connectivity index is 1.50. The summed E-state index contributed by atoms with van der Waals surface area (Å²) in [6.07, 6.45) is 4.34. The van der Waals surface area contributed by atoms with Gasteiger partial charge in [0, 0.05) is 37.4 Å². The molecule has 22 heavy (non-hydrogen) atoms. The third-order valence-corrected chi connectivity index (χ3v) is 4.35. The molecule has 4 heteroatoms. The molecule has 1 unspecified atom stereocenters. The van der Waals surface area contributed by atoms with Crippen molar-refractivity contribution in [2.75, 3.05) is 33.7 Å². The smallest absolute Gasteiger partial charge is 0.110 e. The number of nitrogens with one attached hydrogen (secondary N) is 1. The Labute approximate surface area is 133 Å². The van der Waals surface area contributed by atoms with Crippen LogP contribution in [0.4, 0.5) is 0 Å². The SMILES string of the molecule is CN(C)Cc1cnc(C2CCN(CCc3ccccc3)C2)[nH]1. The van der Waals surface area contributed by atoms with Crippen LogP contribution in [0, 0.1) is 0 Å². The summed E-state index contributed by atoms with van der Waals surface area (Å²) in [5.41, 5.74) is 2.64. The molecule has 118 valence electrons. The Hall–Kier alpha value is -1.65. The van der Waals surface area contributed by atoms with Gasteiger partial charge in [-0.1, -0.05) is 30.3 Å². The van der Waals surface area contributed by atoms with Gasteiger partial charge in [-0.25, -0.2) is 4.98 Å². The highest BCUT2D eigenvalue weighted by molar-refractivity contribution is 5.15. The van der Waals surface area contributed by atoms with Gasteiger partial charge in [-0.05, 0) is 39.0 Å². The van der Waals surface area contributed by atoms with E-state index < -0.39 is 0 Å². The number of aromatic amines is 1. The summed E-state index contributed by atoms with van der Waals surface area (Å²) in [6.45, 7) is 4.38. The average molecular weight is 298 g/mol. The van der Waals surface area contributed by atoms with Crippen LogP contribution in [-0.4, -0.2) is 53.5 Å². The lowest BCUT2D eigenvalue weighted by Crippen LogP contribution is -2.23. The zero-order valence-corrected chi connectivity index (χ0v) is 13.6. The van der Waals surface area contributed by atoms with Gasteiger partial charge in [-0.3, -0.25) is 0 Å². The lowest BCUT2D eigenvalue weighted by atomic mass is 10.1. The van der Waals surface area contributed by atoms with E-state index in [9.17, 15) is 0 Å². The first-order valence-electron chi connectivity index (χ1n) is 8.15. The van der Waals surface area contributed by atoms with Crippen LogP contribution in [0.3, 0.4) is 0 Å². The number of likely N-dealkylation sites (tertiary alicyclic amines) is 1. The molecule has 1 N–H and O–H groups in total. The predicted octanol–water partition coefficient (Wildman–Crippen LogP) is 2.50. The van der Waals surface area contributed by atoms with Crippen LogP contribution < -0.4 is 0 Å². The molecule has 0 saturated carbocycles. The average Bonchev–Trinajstić information content (AvgIpc) is 3.14. The molecule has 1 aromatic heterocycles. The first-order valence-corrected chi connectivity index (χ1v) is 8.15. The highest BCUT2D eigenvalue weighted by Gasteiger charge is 2.25. The van der Waals surface area contributed by atoms with Crippen molar-refractivity contribution in [2.45, 2.75) is 25.3 Å². The fourth-order valence-corrected chi connectivity index (χ4v) is 3.20. The van der Waals surface area contributed by atoms with E-state index in [2.05, 4.69) is 64.2 Å². The monoisotopic (exact) mass is 298 g/mol. The molecular weight excluding hydrogens is 272 g/mol. The van der Waals surface area contributed by atoms with Crippen molar-refractivity contribution in [3.63, 3.8) is 0 Å². The molecule has 1 aliphatic rings. The Bertz CT molecular complexity index is 576. The minimum absolute atomic E-state index is 0.562. The zero-order chi connectivity index (χ0) is 15.4. The van der Waals surface area contributed by atoms with Crippen molar-refractivity contribution >= 4 is 0 Å². The van der Waals surface area contributed by atoms with E-state index in [-0.39, 0.29) is 0 Å². The van der Waals surface area contributed by atoms with E-state index in [4.69, 9.17) is 0 Å². The van der Waals surface area contributed by atoms with Gasteiger partial charge in [0.25, 0.3) is 0 Å². The van der Waals surface area contributed by atoms with E-state index in [1.165, 1.54) is 30.0 Å².